The summed E-state index contributed by atoms with van der Waals surface area (Å²) < 4.78 is 0. The van der Waals surface area contributed by atoms with Crippen LogP contribution in [0.25, 0.3) is 0 Å². The summed E-state index contributed by atoms with van der Waals surface area (Å²) >= 11 is 0. The molecule has 1 aromatic heterocycles. The van der Waals surface area contributed by atoms with Crippen molar-refractivity contribution in [1.29, 1.82) is 0 Å². The van der Waals surface area contributed by atoms with Gasteiger partial charge in [0.1, 0.15) is 0 Å². The topological polar surface area (TPSA) is 58.1 Å². The van der Waals surface area contributed by atoms with E-state index in [-0.39, 0.29) is 5.91 Å². The van der Waals surface area contributed by atoms with Gasteiger partial charge in [-0.2, -0.15) is 0 Å². The summed E-state index contributed by atoms with van der Waals surface area (Å²) in [4.78, 5) is 22.8. The van der Waals surface area contributed by atoms with E-state index in [2.05, 4.69) is 35.2 Å². The number of hydrogen-bond acceptors (Lipinski definition) is 4. The molecule has 0 fully saturated rings. The van der Waals surface area contributed by atoms with Crippen molar-refractivity contribution in [3.8, 4) is 0 Å². The highest BCUT2D eigenvalue weighted by Gasteiger charge is 2.14. The average molecular weight is 346 g/mol. The molecule has 0 unspecified atom stereocenters. The molecule has 0 saturated heterocycles. The molecule has 132 valence electrons. The van der Waals surface area contributed by atoms with E-state index in [0.29, 0.717) is 17.4 Å². The SMILES string of the molecule is CC(C)c1ccccc1Nc1ncc(C(=O)N(C)c2ccccc2)cn1. The van der Waals surface area contributed by atoms with Gasteiger partial charge in [0, 0.05) is 30.8 Å². The van der Waals surface area contributed by atoms with Gasteiger partial charge in [0.2, 0.25) is 5.95 Å². The molecule has 0 radical (unpaired) electrons. The zero-order chi connectivity index (χ0) is 18.5. The second kappa shape index (κ2) is 7.78. The van der Waals surface area contributed by atoms with E-state index in [1.54, 1.807) is 24.3 Å². The summed E-state index contributed by atoms with van der Waals surface area (Å²) in [6.45, 7) is 4.28. The Labute approximate surface area is 153 Å². The van der Waals surface area contributed by atoms with Gasteiger partial charge in [0.05, 0.1) is 5.56 Å². The predicted molar refractivity (Wildman–Crippen MR) is 105 cm³/mol. The van der Waals surface area contributed by atoms with E-state index in [0.717, 1.165) is 11.4 Å². The minimum atomic E-state index is -0.148. The first-order valence-electron chi connectivity index (χ1n) is 8.57. The van der Waals surface area contributed by atoms with Crippen LogP contribution in [0.3, 0.4) is 0 Å². The van der Waals surface area contributed by atoms with Crippen LogP contribution in [0, 0.1) is 0 Å². The number of hydrogen-bond donors (Lipinski definition) is 1. The summed E-state index contributed by atoms with van der Waals surface area (Å²) in [7, 11) is 1.74. The van der Waals surface area contributed by atoms with Crippen LogP contribution in [-0.2, 0) is 0 Å². The van der Waals surface area contributed by atoms with Crippen LogP contribution in [0.4, 0.5) is 17.3 Å². The molecular formula is C21H22N4O. The van der Waals surface area contributed by atoms with Gasteiger partial charge in [-0.1, -0.05) is 50.2 Å². The normalized spacial score (nSPS) is 10.6. The largest absolute Gasteiger partial charge is 0.324 e. The predicted octanol–water partition coefficient (Wildman–Crippen LogP) is 4.62. The smallest absolute Gasteiger partial charge is 0.261 e. The molecule has 2 aromatic carbocycles. The number of rotatable bonds is 5. The molecular weight excluding hydrogens is 324 g/mol. The molecule has 1 heterocycles. The van der Waals surface area contributed by atoms with Gasteiger partial charge < -0.3 is 10.2 Å². The van der Waals surface area contributed by atoms with Gasteiger partial charge in [-0.25, -0.2) is 9.97 Å². The van der Waals surface area contributed by atoms with Crippen molar-refractivity contribution in [2.45, 2.75) is 19.8 Å². The molecule has 3 rings (SSSR count). The highest BCUT2D eigenvalue weighted by atomic mass is 16.2. The third-order valence-corrected chi connectivity index (χ3v) is 4.18. The lowest BCUT2D eigenvalue weighted by Gasteiger charge is -2.17. The number of nitrogens with one attached hydrogen (secondary N) is 1. The van der Waals surface area contributed by atoms with E-state index < -0.39 is 0 Å². The Morgan fingerprint density at radius 2 is 1.58 bits per heavy atom. The Kier molecular flexibility index (Phi) is 5.27. The van der Waals surface area contributed by atoms with Crippen molar-refractivity contribution in [2.24, 2.45) is 0 Å². The summed E-state index contributed by atoms with van der Waals surface area (Å²) in [6, 6.07) is 17.6. The van der Waals surface area contributed by atoms with Crippen LogP contribution < -0.4 is 10.2 Å². The van der Waals surface area contributed by atoms with E-state index in [9.17, 15) is 4.79 Å². The van der Waals surface area contributed by atoms with Crippen LogP contribution in [0.1, 0.15) is 35.7 Å². The number of aromatic nitrogens is 2. The van der Waals surface area contributed by atoms with Gasteiger partial charge in [0.25, 0.3) is 5.91 Å². The minimum absolute atomic E-state index is 0.148. The van der Waals surface area contributed by atoms with Gasteiger partial charge in [-0.3, -0.25) is 4.79 Å². The second-order valence-corrected chi connectivity index (χ2v) is 6.36. The lowest BCUT2D eigenvalue weighted by Crippen LogP contribution is -2.26. The average Bonchev–Trinajstić information content (AvgIpc) is 2.68. The van der Waals surface area contributed by atoms with Crippen LogP contribution in [0.2, 0.25) is 0 Å². The Morgan fingerprint density at radius 3 is 2.23 bits per heavy atom. The van der Waals surface area contributed by atoms with E-state index in [4.69, 9.17) is 0 Å². The number of carbonyl (C=O) groups is 1. The lowest BCUT2D eigenvalue weighted by atomic mass is 10.0. The molecule has 0 aliphatic heterocycles. The summed E-state index contributed by atoms with van der Waals surface area (Å²) in [6.07, 6.45) is 3.10. The maximum absolute atomic E-state index is 12.6. The van der Waals surface area contributed by atoms with Gasteiger partial charge in [0.15, 0.2) is 0 Å². The third-order valence-electron chi connectivity index (χ3n) is 4.18. The molecule has 1 N–H and O–H groups in total. The molecule has 0 bridgehead atoms. The molecule has 5 heteroatoms. The Hall–Kier alpha value is -3.21. The summed E-state index contributed by atoms with van der Waals surface area (Å²) in [5.74, 6) is 0.710. The lowest BCUT2D eigenvalue weighted by molar-refractivity contribution is 0.0992. The number of benzene rings is 2. The molecule has 0 aliphatic carbocycles. The molecule has 3 aromatic rings. The fraction of sp³-hybridized carbons (Fsp3) is 0.190. The van der Waals surface area contributed by atoms with Crippen LogP contribution in [-0.4, -0.2) is 22.9 Å². The molecule has 0 saturated carbocycles. The standard InChI is InChI=1S/C21H22N4O/c1-15(2)18-11-7-8-12-19(18)24-21-22-13-16(14-23-21)20(26)25(3)17-9-5-4-6-10-17/h4-15H,1-3H3,(H,22,23,24). The van der Waals surface area contributed by atoms with E-state index in [1.165, 1.54) is 5.56 Å². The molecule has 0 atom stereocenters. The van der Waals surface area contributed by atoms with Gasteiger partial charge in [-0.15, -0.1) is 0 Å². The van der Waals surface area contributed by atoms with E-state index in [1.807, 2.05) is 48.5 Å². The van der Waals surface area contributed by atoms with Crippen molar-refractivity contribution in [1.82, 2.24) is 9.97 Å². The van der Waals surface area contributed by atoms with Crippen molar-refractivity contribution in [3.63, 3.8) is 0 Å². The van der Waals surface area contributed by atoms with Gasteiger partial charge >= 0.3 is 0 Å². The first-order chi connectivity index (χ1) is 12.6. The van der Waals surface area contributed by atoms with Crippen LogP contribution >= 0.6 is 0 Å². The first-order valence-corrected chi connectivity index (χ1v) is 8.57. The van der Waals surface area contributed by atoms with Gasteiger partial charge in [-0.05, 0) is 29.7 Å². The number of amides is 1. The number of carbonyl (C=O) groups excluding carboxylic acids is 1. The van der Waals surface area contributed by atoms with E-state index >= 15 is 0 Å². The zero-order valence-corrected chi connectivity index (χ0v) is 15.2. The molecule has 1 amide bonds. The molecule has 0 aliphatic rings. The zero-order valence-electron chi connectivity index (χ0n) is 15.2. The summed E-state index contributed by atoms with van der Waals surface area (Å²) in [5.41, 5.74) is 3.44. The summed E-state index contributed by atoms with van der Waals surface area (Å²) in [5, 5.41) is 3.23. The molecule has 5 nitrogen and oxygen atoms in total. The number of para-hydroxylation sites is 2. The van der Waals surface area contributed by atoms with Crippen molar-refractivity contribution >= 4 is 23.2 Å². The Morgan fingerprint density at radius 1 is 0.962 bits per heavy atom. The molecule has 26 heavy (non-hydrogen) atoms. The minimum Gasteiger partial charge on any atom is -0.324 e. The van der Waals surface area contributed by atoms with Crippen molar-refractivity contribution in [3.05, 3.63) is 78.1 Å². The Bertz CT molecular complexity index is 876. The van der Waals surface area contributed by atoms with Crippen LogP contribution in [0.5, 0.6) is 0 Å². The fourth-order valence-electron chi connectivity index (χ4n) is 2.70. The maximum Gasteiger partial charge on any atom is 0.261 e. The number of anilines is 3. The molecule has 0 spiro atoms. The maximum atomic E-state index is 12.6. The second-order valence-electron chi connectivity index (χ2n) is 6.36. The highest BCUT2D eigenvalue weighted by Crippen LogP contribution is 2.25. The Balaban J connectivity index is 1.76. The van der Waals surface area contributed by atoms with Crippen molar-refractivity contribution in [2.75, 3.05) is 17.3 Å². The van der Waals surface area contributed by atoms with Crippen molar-refractivity contribution < 1.29 is 4.79 Å². The number of nitrogens with zero attached hydrogens (tertiary/aromatic N) is 3. The third kappa shape index (κ3) is 3.88. The van der Waals surface area contributed by atoms with Crippen LogP contribution in [0.15, 0.2) is 67.0 Å². The first kappa shape index (κ1) is 17.6. The highest BCUT2D eigenvalue weighted by molar-refractivity contribution is 6.05. The monoisotopic (exact) mass is 346 g/mol. The fourth-order valence-corrected chi connectivity index (χ4v) is 2.70. The quantitative estimate of drug-likeness (QED) is 0.732.